The SMILES string of the molecule is O=C(c1cnccn1)N1CCN(CC(O)c2ccco2)CC1. The predicted molar refractivity (Wildman–Crippen MR) is 78.0 cm³/mol. The second-order valence-corrected chi connectivity index (χ2v) is 5.21. The zero-order valence-corrected chi connectivity index (χ0v) is 12.1. The average molecular weight is 302 g/mol. The molecule has 1 aliphatic rings. The number of aliphatic hydroxyl groups excluding tert-OH is 1. The third-order valence-corrected chi connectivity index (χ3v) is 3.74. The molecule has 1 N–H and O–H groups in total. The molecule has 0 saturated carbocycles. The molecule has 1 saturated heterocycles. The number of rotatable bonds is 4. The number of amides is 1. The van der Waals surface area contributed by atoms with Gasteiger partial charge in [-0.25, -0.2) is 4.98 Å². The number of aromatic nitrogens is 2. The Morgan fingerprint density at radius 1 is 1.32 bits per heavy atom. The lowest BCUT2D eigenvalue weighted by atomic mass is 10.2. The highest BCUT2D eigenvalue weighted by Crippen LogP contribution is 2.16. The first kappa shape index (κ1) is 14.7. The normalized spacial score (nSPS) is 17.4. The van der Waals surface area contributed by atoms with Crippen molar-refractivity contribution >= 4 is 5.91 Å². The van der Waals surface area contributed by atoms with Gasteiger partial charge in [-0.3, -0.25) is 14.7 Å². The maximum Gasteiger partial charge on any atom is 0.274 e. The summed E-state index contributed by atoms with van der Waals surface area (Å²) in [7, 11) is 0. The summed E-state index contributed by atoms with van der Waals surface area (Å²) in [5.74, 6) is 0.470. The van der Waals surface area contributed by atoms with Crippen molar-refractivity contribution in [2.24, 2.45) is 0 Å². The van der Waals surface area contributed by atoms with E-state index in [4.69, 9.17) is 4.42 Å². The molecule has 3 heterocycles. The third-order valence-electron chi connectivity index (χ3n) is 3.74. The number of piperazine rings is 1. The molecule has 0 bridgehead atoms. The van der Waals surface area contributed by atoms with Crippen molar-refractivity contribution in [3.8, 4) is 0 Å². The standard InChI is InChI=1S/C15H18N4O3/c20-13(14-2-1-9-22-14)11-18-5-7-19(8-6-18)15(21)12-10-16-3-4-17-12/h1-4,9-10,13,20H,5-8,11H2. The molecular formula is C15H18N4O3. The number of aliphatic hydroxyl groups is 1. The number of β-amino-alcohol motifs (C(OH)–C–C–N with tert-alkyl or cyclic N) is 1. The summed E-state index contributed by atoms with van der Waals surface area (Å²) in [6.07, 6.45) is 5.46. The van der Waals surface area contributed by atoms with Crippen LogP contribution in [0, 0.1) is 0 Å². The Bertz CT molecular complexity index is 595. The molecule has 0 spiro atoms. The van der Waals surface area contributed by atoms with Gasteiger partial charge in [-0.1, -0.05) is 0 Å². The van der Waals surface area contributed by atoms with Crippen LogP contribution in [0.25, 0.3) is 0 Å². The van der Waals surface area contributed by atoms with Crippen LogP contribution in [0.3, 0.4) is 0 Å². The summed E-state index contributed by atoms with van der Waals surface area (Å²) in [4.78, 5) is 24.1. The van der Waals surface area contributed by atoms with Crippen LogP contribution in [-0.4, -0.2) is 63.5 Å². The number of hydrogen-bond donors (Lipinski definition) is 1. The van der Waals surface area contributed by atoms with Gasteiger partial charge in [0.15, 0.2) is 0 Å². The molecule has 0 aromatic carbocycles. The van der Waals surface area contributed by atoms with Gasteiger partial charge in [0.1, 0.15) is 17.6 Å². The lowest BCUT2D eigenvalue weighted by Gasteiger charge is -2.35. The van der Waals surface area contributed by atoms with Gasteiger partial charge >= 0.3 is 0 Å². The predicted octanol–water partition coefficient (Wildman–Crippen LogP) is 0.561. The Morgan fingerprint density at radius 3 is 2.77 bits per heavy atom. The van der Waals surface area contributed by atoms with E-state index in [-0.39, 0.29) is 5.91 Å². The minimum atomic E-state index is -0.641. The first-order valence-corrected chi connectivity index (χ1v) is 7.23. The van der Waals surface area contributed by atoms with Gasteiger partial charge in [0.05, 0.1) is 12.5 Å². The molecule has 1 fully saturated rings. The highest BCUT2D eigenvalue weighted by atomic mass is 16.4. The second-order valence-electron chi connectivity index (χ2n) is 5.21. The highest BCUT2D eigenvalue weighted by Gasteiger charge is 2.24. The van der Waals surface area contributed by atoms with Gasteiger partial charge in [0, 0.05) is 45.1 Å². The van der Waals surface area contributed by atoms with Crippen LogP contribution in [0.4, 0.5) is 0 Å². The fraction of sp³-hybridized carbons (Fsp3) is 0.400. The van der Waals surface area contributed by atoms with Crippen LogP contribution >= 0.6 is 0 Å². The monoisotopic (exact) mass is 302 g/mol. The van der Waals surface area contributed by atoms with E-state index in [1.165, 1.54) is 12.4 Å². The van der Waals surface area contributed by atoms with E-state index >= 15 is 0 Å². The van der Waals surface area contributed by atoms with Gasteiger partial charge in [-0.05, 0) is 12.1 Å². The Labute approximate surface area is 128 Å². The third kappa shape index (κ3) is 3.32. The Kier molecular flexibility index (Phi) is 4.45. The van der Waals surface area contributed by atoms with E-state index in [1.54, 1.807) is 29.5 Å². The van der Waals surface area contributed by atoms with E-state index in [2.05, 4.69) is 14.9 Å². The number of nitrogens with zero attached hydrogens (tertiary/aromatic N) is 4. The summed E-state index contributed by atoms with van der Waals surface area (Å²) < 4.78 is 5.20. The van der Waals surface area contributed by atoms with Crippen LogP contribution in [-0.2, 0) is 0 Å². The van der Waals surface area contributed by atoms with Gasteiger partial charge in [-0.2, -0.15) is 0 Å². The summed E-state index contributed by atoms with van der Waals surface area (Å²) in [5, 5.41) is 10.1. The zero-order chi connectivity index (χ0) is 15.4. The molecule has 1 unspecified atom stereocenters. The molecule has 0 aliphatic carbocycles. The second kappa shape index (κ2) is 6.67. The first-order valence-electron chi connectivity index (χ1n) is 7.23. The van der Waals surface area contributed by atoms with Gasteiger partial charge in [-0.15, -0.1) is 0 Å². The Hall–Kier alpha value is -2.25. The summed E-state index contributed by atoms with van der Waals surface area (Å²) in [5.41, 5.74) is 0.367. The molecule has 1 amide bonds. The van der Waals surface area contributed by atoms with E-state index in [0.717, 1.165) is 0 Å². The van der Waals surface area contributed by atoms with Crippen molar-refractivity contribution in [3.05, 3.63) is 48.4 Å². The minimum absolute atomic E-state index is 0.0978. The van der Waals surface area contributed by atoms with Crippen LogP contribution in [0.1, 0.15) is 22.4 Å². The van der Waals surface area contributed by atoms with Crippen LogP contribution in [0.2, 0.25) is 0 Å². The smallest absolute Gasteiger partial charge is 0.274 e. The van der Waals surface area contributed by atoms with Gasteiger partial charge in [0.25, 0.3) is 5.91 Å². The lowest BCUT2D eigenvalue weighted by Crippen LogP contribution is -2.49. The molecular weight excluding hydrogens is 284 g/mol. The van der Waals surface area contributed by atoms with Crippen LogP contribution < -0.4 is 0 Å². The van der Waals surface area contributed by atoms with Gasteiger partial charge < -0.3 is 14.4 Å². The molecule has 116 valence electrons. The summed E-state index contributed by atoms with van der Waals surface area (Å²) in [6, 6.07) is 3.52. The largest absolute Gasteiger partial charge is 0.467 e. The van der Waals surface area contributed by atoms with E-state index in [0.29, 0.717) is 44.2 Å². The van der Waals surface area contributed by atoms with Crippen molar-refractivity contribution in [1.82, 2.24) is 19.8 Å². The first-order chi connectivity index (χ1) is 10.7. The Morgan fingerprint density at radius 2 is 2.14 bits per heavy atom. The number of carbonyl (C=O) groups excluding carboxylic acids is 1. The molecule has 22 heavy (non-hydrogen) atoms. The quantitative estimate of drug-likeness (QED) is 0.888. The molecule has 0 radical (unpaired) electrons. The minimum Gasteiger partial charge on any atom is -0.467 e. The molecule has 7 nitrogen and oxygen atoms in total. The van der Waals surface area contributed by atoms with E-state index in [9.17, 15) is 9.90 Å². The Balaban J connectivity index is 1.51. The van der Waals surface area contributed by atoms with Crippen LogP contribution in [0.5, 0.6) is 0 Å². The summed E-state index contributed by atoms with van der Waals surface area (Å²) in [6.45, 7) is 3.15. The lowest BCUT2D eigenvalue weighted by molar-refractivity contribution is 0.0482. The maximum atomic E-state index is 12.3. The highest BCUT2D eigenvalue weighted by molar-refractivity contribution is 5.92. The van der Waals surface area contributed by atoms with Crippen molar-refractivity contribution in [2.45, 2.75) is 6.10 Å². The maximum absolute atomic E-state index is 12.3. The molecule has 2 aromatic heterocycles. The number of hydrogen-bond acceptors (Lipinski definition) is 6. The molecule has 7 heteroatoms. The van der Waals surface area contributed by atoms with Gasteiger partial charge in [0.2, 0.25) is 0 Å². The average Bonchev–Trinajstić information content (AvgIpc) is 3.10. The van der Waals surface area contributed by atoms with E-state index < -0.39 is 6.10 Å². The number of furan rings is 1. The molecule has 1 atom stereocenters. The molecule has 2 aromatic rings. The van der Waals surface area contributed by atoms with Crippen molar-refractivity contribution < 1.29 is 14.3 Å². The van der Waals surface area contributed by atoms with Crippen molar-refractivity contribution in [2.75, 3.05) is 32.7 Å². The van der Waals surface area contributed by atoms with Crippen molar-refractivity contribution in [1.29, 1.82) is 0 Å². The number of carbonyl (C=O) groups is 1. The topological polar surface area (TPSA) is 82.7 Å². The van der Waals surface area contributed by atoms with Crippen molar-refractivity contribution in [3.63, 3.8) is 0 Å². The zero-order valence-electron chi connectivity index (χ0n) is 12.1. The van der Waals surface area contributed by atoms with Crippen LogP contribution in [0.15, 0.2) is 41.4 Å². The fourth-order valence-corrected chi connectivity index (χ4v) is 2.52. The van der Waals surface area contributed by atoms with E-state index in [1.807, 2.05) is 0 Å². The molecule has 1 aliphatic heterocycles. The molecule has 3 rings (SSSR count). The summed E-state index contributed by atoms with van der Waals surface area (Å²) >= 11 is 0. The fourth-order valence-electron chi connectivity index (χ4n) is 2.52.